The minimum atomic E-state index is -0.0516. The Labute approximate surface area is 138 Å². The van der Waals surface area contributed by atoms with Gasteiger partial charge >= 0.3 is 0 Å². The lowest BCUT2D eigenvalue weighted by Crippen LogP contribution is -2.30. The number of carbonyl (C=O) groups is 1. The van der Waals surface area contributed by atoms with Gasteiger partial charge in [-0.3, -0.25) is 9.48 Å². The molecule has 6 nitrogen and oxygen atoms in total. The van der Waals surface area contributed by atoms with E-state index in [0.717, 1.165) is 11.5 Å². The van der Waals surface area contributed by atoms with Gasteiger partial charge < -0.3 is 15.4 Å². The zero-order chi connectivity index (χ0) is 15.1. The monoisotopic (exact) mass is 330 g/mol. The first kappa shape index (κ1) is 18.9. The first-order chi connectivity index (χ1) is 10.2. The molecule has 0 spiro atoms. The molecule has 0 aromatic carbocycles. The highest BCUT2D eigenvalue weighted by Crippen LogP contribution is 2.32. The number of anilines is 1. The number of aromatic nitrogens is 2. The molecular weight excluding hydrogens is 304 g/mol. The topological polar surface area (TPSA) is 68.2 Å². The molecule has 0 saturated heterocycles. The van der Waals surface area contributed by atoms with E-state index >= 15 is 0 Å². The SMILES string of the molecule is COCCNCC(=O)Nc1cc(C2CCCCC2)nn1C.Cl. The zero-order valence-corrected chi connectivity index (χ0v) is 14.2. The molecule has 22 heavy (non-hydrogen) atoms. The standard InChI is InChI=1S/C15H26N4O2.ClH/c1-19-14(17-15(20)11-16-8-9-21-2)10-13(18-19)12-6-4-3-5-7-12;/h10,12,16H,3-9,11H2,1-2H3,(H,17,20);1H. The van der Waals surface area contributed by atoms with Crippen LogP contribution in [0.1, 0.15) is 43.7 Å². The molecule has 0 aliphatic heterocycles. The number of aryl methyl sites for hydroxylation is 1. The van der Waals surface area contributed by atoms with Crippen LogP contribution in [-0.4, -0.2) is 42.5 Å². The third-order valence-corrected chi connectivity index (χ3v) is 3.96. The van der Waals surface area contributed by atoms with Crippen molar-refractivity contribution in [3.05, 3.63) is 11.8 Å². The number of ether oxygens (including phenoxy) is 1. The Morgan fingerprint density at radius 3 is 2.82 bits per heavy atom. The minimum absolute atomic E-state index is 0. The number of nitrogens with zero attached hydrogens (tertiary/aromatic N) is 2. The first-order valence-corrected chi connectivity index (χ1v) is 7.74. The lowest BCUT2D eigenvalue weighted by molar-refractivity contribution is -0.115. The van der Waals surface area contributed by atoms with Gasteiger partial charge in [-0.25, -0.2) is 0 Å². The number of hydrogen-bond acceptors (Lipinski definition) is 4. The van der Waals surface area contributed by atoms with Gasteiger partial charge in [0.25, 0.3) is 0 Å². The van der Waals surface area contributed by atoms with Crippen LogP contribution in [-0.2, 0) is 16.6 Å². The summed E-state index contributed by atoms with van der Waals surface area (Å²) in [4.78, 5) is 11.9. The molecule has 1 heterocycles. The average Bonchev–Trinajstić information content (AvgIpc) is 2.86. The number of nitrogens with one attached hydrogen (secondary N) is 2. The van der Waals surface area contributed by atoms with E-state index < -0.39 is 0 Å². The molecule has 1 aliphatic rings. The van der Waals surface area contributed by atoms with Gasteiger partial charge in [-0.1, -0.05) is 19.3 Å². The normalized spacial score (nSPS) is 15.4. The van der Waals surface area contributed by atoms with Crippen molar-refractivity contribution in [2.24, 2.45) is 7.05 Å². The van der Waals surface area contributed by atoms with Crippen LogP contribution in [0.4, 0.5) is 5.82 Å². The van der Waals surface area contributed by atoms with Gasteiger partial charge in [-0.2, -0.15) is 5.10 Å². The first-order valence-electron chi connectivity index (χ1n) is 7.74. The summed E-state index contributed by atoms with van der Waals surface area (Å²) >= 11 is 0. The van der Waals surface area contributed by atoms with Crippen molar-refractivity contribution < 1.29 is 9.53 Å². The average molecular weight is 331 g/mol. The quantitative estimate of drug-likeness (QED) is 0.751. The molecule has 1 aliphatic carbocycles. The largest absolute Gasteiger partial charge is 0.383 e. The summed E-state index contributed by atoms with van der Waals surface area (Å²) in [5.74, 6) is 1.27. The third kappa shape index (κ3) is 5.59. The number of carbonyl (C=O) groups excluding carboxylic acids is 1. The lowest BCUT2D eigenvalue weighted by Gasteiger charge is -2.19. The summed E-state index contributed by atoms with van der Waals surface area (Å²) in [6.07, 6.45) is 6.32. The number of rotatable bonds is 7. The summed E-state index contributed by atoms with van der Waals surface area (Å²) in [7, 11) is 3.52. The second-order valence-corrected chi connectivity index (χ2v) is 5.63. The number of methoxy groups -OCH3 is 1. The summed E-state index contributed by atoms with van der Waals surface area (Å²) in [5.41, 5.74) is 1.11. The van der Waals surface area contributed by atoms with E-state index in [1.165, 1.54) is 32.1 Å². The van der Waals surface area contributed by atoms with E-state index in [9.17, 15) is 4.79 Å². The lowest BCUT2D eigenvalue weighted by atomic mass is 9.87. The van der Waals surface area contributed by atoms with Crippen LogP contribution in [0, 0.1) is 0 Å². The second-order valence-electron chi connectivity index (χ2n) is 5.63. The molecule has 0 bridgehead atoms. The van der Waals surface area contributed by atoms with Crippen molar-refractivity contribution in [3.8, 4) is 0 Å². The Morgan fingerprint density at radius 2 is 2.14 bits per heavy atom. The van der Waals surface area contributed by atoms with Crippen LogP contribution >= 0.6 is 12.4 Å². The van der Waals surface area contributed by atoms with Crippen molar-refractivity contribution >= 4 is 24.1 Å². The molecule has 126 valence electrons. The van der Waals surface area contributed by atoms with E-state index in [2.05, 4.69) is 15.7 Å². The molecular formula is C15H27ClN4O2. The van der Waals surface area contributed by atoms with Crippen LogP contribution in [0.2, 0.25) is 0 Å². The smallest absolute Gasteiger partial charge is 0.239 e. The number of halogens is 1. The second kappa shape index (κ2) is 9.82. The van der Waals surface area contributed by atoms with Gasteiger partial charge in [0.2, 0.25) is 5.91 Å². The van der Waals surface area contributed by atoms with Crippen LogP contribution in [0.15, 0.2) is 6.07 Å². The van der Waals surface area contributed by atoms with E-state index in [1.54, 1.807) is 11.8 Å². The molecule has 7 heteroatoms. The molecule has 1 saturated carbocycles. The van der Waals surface area contributed by atoms with Gasteiger partial charge in [0.1, 0.15) is 5.82 Å². The highest BCUT2D eigenvalue weighted by Gasteiger charge is 2.19. The maximum atomic E-state index is 11.9. The van der Waals surface area contributed by atoms with Crippen molar-refractivity contribution in [1.29, 1.82) is 0 Å². The summed E-state index contributed by atoms with van der Waals surface area (Å²) in [6, 6.07) is 2.02. The highest BCUT2D eigenvalue weighted by molar-refractivity contribution is 5.91. The molecule has 1 aromatic rings. The summed E-state index contributed by atoms with van der Waals surface area (Å²) in [5, 5.41) is 10.5. The Kier molecular flexibility index (Phi) is 8.45. The van der Waals surface area contributed by atoms with Crippen molar-refractivity contribution in [2.45, 2.75) is 38.0 Å². The molecule has 1 aromatic heterocycles. The van der Waals surface area contributed by atoms with Gasteiger partial charge in [-0.15, -0.1) is 12.4 Å². The van der Waals surface area contributed by atoms with E-state index in [1.807, 2.05) is 13.1 Å². The molecule has 1 amide bonds. The van der Waals surface area contributed by atoms with Crippen LogP contribution in [0.3, 0.4) is 0 Å². The highest BCUT2D eigenvalue weighted by atomic mass is 35.5. The number of hydrogen-bond donors (Lipinski definition) is 2. The zero-order valence-electron chi connectivity index (χ0n) is 13.4. The predicted molar refractivity (Wildman–Crippen MR) is 89.7 cm³/mol. The van der Waals surface area contributed by atoms with E-state index in [0.29, 0.717) is 19.1 Å². The van der Waals surface area contributed by atoms with Crippen LogP contribution in [0.5, 0.6) is 0 Å². The predicted octanol–water partition coefficient (Wildman–Crippen LogP) is 2.06. The molecule has 2 rings (SSSR count). The van der Waals surface area contributed by atoms with Gasteiger partial charge in [0.05, 0.1) is 18.8 Å². The van der Waals surface area contributed by atoms with Crippen LogP contribution in [0.25, 0.3) is 0 Å². The van der Waals surface area contributed by atoms with Crippen molar-refractivity contribution in [3.63, 3.8) is 0 Å². The fraction of sp³-hybridized carbons (Fsp3) is 0.733. The number of amides is 1. The maximum absolute atomic E-state index is 11.9. The molecule has 2 N–H and O–H groups in total. The minimum Gasteiger partial charge on any atom is -0.383 e. The van der Waals surface area contributed by atoms with Crippen LogP contribution < -0.4 is 10.6 Å². The van der Waals surface area contributed by atoms with E-state index in [4.69, 9.17) is 4.74 Å². The molecule has 1 fully saturated rings. The molecule has 0 radical (unpaired) electrons. The fourth-order valence-electron chi connectivity index (χ4n) is 2.77. The Bertz CT molecular complexity index is 458. The Morgan fingerprint density at radius 1 is 1.41 bits per heavy atom. The van der Waals surface area contributed by atoms with Gasteiger partial charge in [0, 0.05) is 32.7 Å². The fourth-order valence-corrected chi connectivity index (χ4v) is 2.77. The maximum Gasteiger partial charge on any atom is 0.239 e. The van der Waals surface area contributed by atoms with Gasteiger partial charge in [0.15, 0.2) is 0 Å². The van der Waals surface area contributed by atoms with Crippen molar-refractivity contribution in [2.75, 3.05) is 32.1 Å². The van der Waals surface area contributed by atoms with Crippen molar-refractivity contribution in [1.82, 2.24) is 15.1 Å². The molecule has 0 atom stereocenters. The van der Waals surface area contributed by atoms with E-state index in [-0.39, 0.29) is 24.9 Å². The third-order valence-electron chi connectivity index (χ3n) is 3.96. The van der Waals surface area contributed by atoms with Gasteiger partial charge in [-0.05, 0) is 12.8 Å². The Hall–Kier alpha value is -1.11. The Balaban J connectivity index is 0.00000242. The summed E-state index contributed by atoms with van der Waals surface area (Å²) in [6.45, 7) is 1.56. The summed E-state index contributed by atoms with van der Waals surface area (Å²) < 4.78 is 6.68. The molecule has 0 unspecified atom stereocenters.